The van der Waals surface area contributed by atoms with Gasteiger partial charge in [-0.15, -0.1) is 0 Å². The van der Waals surface area contributed by atoms with Crippen LogP contribution >= 0.6 is 0 Å². The van der Waals surface area contributed by atoms with Crippen LogP contribution < -0.4 is 15.5 Å². The maximum Gasteiger partial charge on any atom is 0.246 e. The number of carbonyl (C=O) groups is 1. The number of rotatable bonds is 6. The number of carbonyl (C=O) groups excluding carboxylic acids is 1. The summed E-state index contributed by atoms with van der Waals surface area (Å²) < 4.78 is 0. The van der Waals surface area contributed by atoms with Crippen LogP contribution in [0.2, 0.25) is 0 Å². The number of hydrogen-bond acceptors (Lipinski definition) is 5. The van der Waals surface area contributed by atoms with E-state index in [4.69, 9.17) is 5.26 Å². The number of likely N-dealkylation sites (N-methyl/N-ethyl adjacent to an activating group) is 1. The number of amides is 1. The minimum absolute atomic E-state index is 0.178. The fraction of sp³-hybridized carbons (Fsp3) is 0.364. The summed E-state index contributed by atoms with van der Waals surface area (Å²) in [5, 5.41) is 15.2. The molecule has 0 aromatic heterocycles. The Balaban J connectivity index is 1.56. The molecular formula is C22H27N5O. The number of para-hydroxylation sites is 1. The summed E-state index contributed by atoms with van der Waals surface area (Å²) in [5.74, 6) is -0.178. The summed E-state index contributed by atoms with van der Waals surface area (Å²) >= 11 is 0. The molecule has 6 heteroatoms. The molecule has 0 unspecified atom stereocenters. The fourth-order valence-corrected chi connectivity index (χ4v) is 3.34. The highest BCUT2D eigenvalue weighted by atomic mass is 16.2. The van der Waals surface area contributed by atoms with Gasteiger partial charge in [0, 0.05) is 37.6 Å². The molecule has 1 fully saturated rings. The van der Waals surface area contributed by atoms with E-state index >= 15 is 0 Å². The quantitative estimate of drug-likeness (QED) is 0.809. The molecule has 1 heterocycles. The Labute approximate surface area is 166 Å². The Bertz CT molecular complexity index is 835. The number of hydrogen-bond donors (Lipinski definition) is 2. The summed E-state index contributed by atoms with van der Waals surface area (Å²) in [4.78, 5) is 17.3. The zero-order chi connectivity index (χ0) is 19.9. The minimum Gasteiger partial charge on any atom is -0.374 e. The third-order valence-corrected chi connectivity index (χ3v) is 5.13. The third-order valence-electron chi connectivity index (χ3n) is 5.13. The zero-order valence-electron chi connectivity index (χ0n) is 16.5. The summed E-state index contributed by atoms with van der Waals surface area (Å²) in [7, 11) is 0. The van der Waals surface area contributed by atoms with Crippen LogP contribution in [0.1, 0.15) is 19.4 Å². The van der Waals surface area contributed by atoms with Crippen molar-refractivity contribution in [3.05, 3.63) is 54.1 Å². The summed E-state index contributed by atoms with van der Waals surface area (Å²) in [6, 6.07) is 16.9. The van der Waals surface area contributed by atoms with Crippen LogP contribution in [0.15, 0.2) is 48.5 Å². The minimum atomic E-state index is -0.425. The number of nitriles is 1. The first kappa shape index (κ1) is 19.7. The van der Waals surface area contributed by atoms with Crippen molar-refractivity contribution in [2.75, 3.05) is 48.3 Å². The first-order valence-corrected chi connectivity index (χ1v) is 9.74. The van der Waals surface area contributed by atoms with Crippen LogP contribution in [0.3, 0.4) is 0 Å². The lowest BCUT2D eigenvalue weighted by Gasteiger charge is -2.35. The van der Waals surface area contributed by atoms with Crippen molar-refractivity contribution in [2.24, 2.45) is 0 Å². The van der Waals surface area contributed by atoms with Gasteiger partial charge < -0.3 is 20.4 Å². The molecule has 1 amide bonds. The molecule has 1 aliphatic heterocycles. The second kappa shape index (κ2) is 9.25. The van der Waals surface area contributed by atoms with Gasteiger partial charge in [0.05, 0.1) is 11.3 Å². The molecule has 0 radical (unpaired) electrons. The van der Waals surface area contributed by atoms with Crippen molar-refractivity contribution >= 4 is 23.0 Å². The highest BCUT2D eigenvalue weighted by Crippen LogP contribution is 2.20. The largest absolute Gasteiger partial charge is 0.374 e. The number of piperazine rings is 1. The Kier molecular flexibility index (Phi) is 6.51. The van der Waals surface area contributed by atoms with Crippen molar-refractivity contribution in [2.45, 2.75) is 19.9 Å². The second-order valence-electron chi connectivity index (χ2n) is 6.98. The third kappa shape index (κ3) is 4.81. The number of benzene rings is 2. The van der Waals surface area contributed by atoms with Crippen LogP contribution in [-0.4, -0.2) is 49.6 Å². The molecule has 2 aromatic rings. The Hall–Kier alpha value is -3.04. The Morgan fingerprint density at radius 3 is 2.43 bits per heavy atom. The summed E-state index contributed by atoms with van der Waals surface area (Å²) in [6.07, 6.45) is 0. The van der Waals surface area contributed by atoms with Crippen molar-refractivity contribution in [1.29, 1.82) is 5.26 Å². The summed E-state index contributed by atoms with van der Waals surface area (Å²) in [5.41, 5.74) is 3.09. The molecule has 146 valence electrons. The van der Waals surface area contributed by atoms with E-state index in [1.54, 1.807) is 24.3 Å². The van der Waals surface area contributed by atoms with Crippen LogP contribution in [0, 0.1) is 11.3 Å². The van der Waals surface area contributed by atoms with Gasteiger partial charge in [0.15, 0.2) is 0 Å². The molecule has 0 spiro atoms. The van der Waals surface area contributed by atoms with E-state index in [0.717, 1.165) is 38.4 Å². The van der Waals surface area contributed by atoms with E-state index in [2.05, 4.69) is 45.6 Å². The van der Waals surface area contributed by atoms with Crippen LogP contribution in [0.25, 0.3) is 0 Å². The van der Waals surface area contributed by atoms with E-state index in [-0.39, 0.29) is 5.91 Å². The topological polar surface area (TPSA) is 71.4 Å². The second-order valence-corrected chi connectivity index (χ2v) is 6.98. The van der Waals surface area contributed by atoms with Gasteiger partial charge in [0.25, 0.3) is 0 Å². The van der Waals surface area contributed by atoms with Gasteiger partial charge in [-0.05, 0) is 49.9 Å². The normalized spacial score (nSPS) is 15.5. The number of anilines is 3. The van der Waals surface area contributed by atoms with E-state index < -0.39 is 6.04 Å². The summed E-state index contributed by atoms with van der Waals surface area (Å²) in [6.45, 7) is 9.38. The molecule has 3 rings (SSSR count). The van der Waals surface area contributed by atoms with Gasteiger partial charge in [0.2, 0.25) is 5.91 Å². The van der Waals surface area contributed by atoms with Crippen molar-refractivity contribution < 1.29 is 4.79 Å². The molecule has 1 atom stereocenters. The van der Waals surface area contributed by atoms with Crippen LogP contribution in [0.5, 0.6) is 0 Å². The molecule has 1 saturated heterocycles. The molecule has 0 aliphatic carbocycles. The average Bonchev–Trinajstić information content (AvgIpc) is 2.74. The van der Waals surface area contributed by atoms with E-state index in [9.17, 15) is 4.79 Å². The molecule has 0 saturated carbocycles. The predicted octanol–water partition coefficient (Wildman–Crippen LogP) is 3.14. The Morgan fingerprint density at radius 2 is 1.79 bits per heavy atom. The van der Waals surface area contributed by atoms with Gasteiger partial charge in [0.1, 0.15) is 12.1 Å². The molecule has 1 aliphatic rings. The average molecular weight is 377 g/mol. The van der Waals surface area contributed by atoms with E-state index in [1.165, 1.54) is 5.69 Å². The SMILES string of the molecule is CCN1CCN(c2ccc(N[C@@H](C)C(=O)Nc3ccccc3C#N)cc2)CC1. The molecule has 2 N–H and O–H groups in total. The number of nitrogens with zero attached hydrogens (tertiary/aromatic N) is 3. The first-order chi connectivity index (χ1) is 13.6. The van der Waals surface area contributed by atoms with Gasteiger partial charge in [-0.25, -0.2) is 0 Å². The molecule has 28 heavy (non-hydrogen) atoms. The van der Waals surface area contributed by atoms with Crippen molar-refractivity contribution in [3.63, 3.8) is 0 Å². The van der Waals surface area contributed by atoms with Gasteiger partial charge in [-0.1, -0.05) is 19.1 Å². The lowest BCUT2D eigenvalue weighted by Crippen LogP contribution is -2.46. The maximum atomic E-state index is 12.5. The fourth-order valence-electron chi connectivity index (χ4n) is 3.34. The van der Waals surface area contributed by atoms with Crippen LogP contribution in [-0.2, 0) is 4.79 Å². The standard InChI is InChI=1S/C22H27N5O/c1-3-26-12-14-27(15-13-26)20-10-8-19(9-11-20)24-17(2)22(28)25-21-7-5-4-6-18(21)16-23/h4-11,17,24H,3,12-15H2,1-2H3,(H,25,28)/t17-/m0/s1. The molecular weight excluding hydrogens is 350 g/mol. The van der Waals surface area contributed by atoms with Gasteiger partial charge in [-0.3, -0.25) is 4.79 Å². The molecule has 0 bridgehead atoms. The highest BCUT2D eigenvalue weighted by Gasteiger charge is 2.17. The van der Waals surface area contributed by atoms with Gasteiger partial charge in [-0.2, -0.15) is 5.26 Å². The monoisotopic (exact) mass is 377 g/mol. The van der Waals surface area contributed by atoms with E-state index in [1.807, 2.05) is 19.1 Å². The molecule has 6 nitrogen and oxygen atoms in total. The first-order valence-electron chi connectivity index (χ1n) is 9.74. The zero-order valence-corrected chi connectivity index (χ0v) is 16.5. The van der Waals surface area contributed by atoms with Crippen LogP contribution in [0.4, 0.5) is 17.1 Å². The smallest absolute Gasteiger partial charge is 0.246 e. The lowest BCUT2D eigenvalue weighted by molar-refractivity contribution is -0.116. The predicted molar refractivity (Wildman–Crippen MR) is 114 cm³/mol. The van der Waals surface area contributed by atoms with Crippen molar-refractivity contribution in [1.82, 2.24) is 4.90 Å². The van der Waals surface area contributed by atoms with E-state index in [0.29, 0.717) is 11.3 Å². The molecule has 2 aromatic carbocycles. The highest BCUT2D eigenvalue weighted by molar-refractivity contribution is 5.97. The van der Waals surface area contributed by atoms with Crippen molar-refractivity contribution in [3.8, 4) is 6.07 Å². The van der Waals surface area contributed by atoms with Gasteiger partial charge >= 0.3 is 0 Å². The number of nitrogens with one attached hydrogen (secondary N) is 2. The Morgan fingerprint density at radius 1 is 1.11 bits per heavy atom. The lowest BCUT2D eigenvalue weighted by atomic mass is 10.2. The maximum absolute atomic E-state index is 12.5.